The van der Waals surface area contributed by atoms with Gasteiger partial charge >= 0.3 is 17.9 Å². The molecule has 0 radical (unpaired) electrons. The molecule has 0 spiro atoms. The highest BCUT2D eigenvalue weighted by atomic mass is 32.2. The Kier molecular flexibility index (Phi) is 16.8. The molecule has 3 aliphatic rings. The van der Waals surface area contributed by atoms with Crippen LogP contribution in [0.15, 0.2) is 69.5 Å². The standard InChI is InChI=1S/C47H59N3O8S4/c1-11-13-17-29(12-2)26-56-43(55)31(24-48)44-59-37-35(57-32(51)20-27(3)22-46(5,6)7)39-40(36(38(37)60-44)58-33(52)21-28(4)23-47(8,9)10)62-45(61-39)34-41(53)49-50(42(34)54)25-30-18-15-14-16-19-30/h14-16,18-19,27-29H,11-13,17,20-23,25-26H2,1-10H3,(H,49,53). The summed E-state index contributed by atoms with van der Waals surface area (Å²) in [5, 5.41) is 11.7. The molecule has 0 aromatic heterocycles. The number of carbonyl (C=O) groups is 5. The van der Waals surface area contributed by atoms with Gasteiger partial charge in [-0.15, -0.1) is 0 Å². The maximum atomic E-state index is 13.9. The Morgan fingerprint density at radius 2 is 1.32 bits per heavy atom. The smallest absolute Gasteiger partial charge is 0.350 e. The van der Waals surface area contributed by atoms with Gasteiger partial charge in [-0.2, -0.15) is 5.26 Å². The van der Waals surface area contributed by atoms with Crippen LogP contribution in [-0.4, -0.2) is 41.3 Å². The van der Waals surface area contributed by atoms with Gasteiger partial charge in [-0.3, -0.25) is 24.6 Å². The molecular formula is C47H59N3O8S4. The maximum Gasteiger partial charge on any atom is 0.350 e. The molecule has 3 unspecified atom stereocenters. The lowest BCUT2D eigenvalue weighted by Crippen LogP contribution is -2.35. The number of hydrazine groups is 1. The molecule has 334 valence electrons. The van der Waals surface area contributed by atoms with Crippen LogP contribution >= 0.6 is 47.0 Å². The van der Waals surface area contributed by atoms with E-state index in [1.165, 1.54) is 5.01 Å². The maximum absolute atomic E-state index is 13.9. The van der Waals surface area contributed by atoms with Crippen molar-refractivity contribution in [3.8, 4) is 17.6 Å². The zero-order chi connectivity index (χ0) is 45.5. The van der Waals surface area contributed by atoms with Crippen molar-refractivity contribution < 1.29 is 38.2 Å². The molecule has 3 aliphatic heterocycles. The Balaban J connectivity index is 1.61. The van der Waals surface area contributed by atoms with Gasteiger partial charge < -0.3 is 14.2 Å². The molecular weight excluding hydrogens is 863 g/mol. The summed E-state index contributed by atoms with van der Waals surface area (Å²) in [7, 11) is 0. The van der Waals surface area contributed by atoms with Crippen LogP contribution in [0.2, 0.25) is 0 Å². The quantitative estimate of drug-likeness (QED) is 0.0527. The number of esters is 3. The van der Waals surface area contributed by atoms with Crippen molar-refractivity contribution in [3.05, 3.63) is 55.5 Å². The van der Waals surface area contributed by atoms with Gasteiger partial charge in [0.15, 0.2) is 17.1 Å². The molecule has 1 fully saturated rings. The lowest BCUT2D eigenvalue weighted by molar-refractivity contribution is -0.140. The summed E-state index contributed by atoms with van der Waals surface area (Å²) < 4.78 is 18.9. The Labute approximate surface area is 383 Å². The zero-order valence-corrected chi connectivity index (χ0v) is 40.7. The summed E-state index contributed by atoms with van der Waals surface area (Å²) in [4.78, 5) is 70.4. The first-order valence-corrected chi connectivity index (χ1v) is 24.6. The normalized spacial score (nSPS) is 16.3. The molecule has 2 aromatic carbocycles. The third-order valence-electron chi connectivity index (χ3n) is 10.2. The number of ether oxygens (including phenoxy) is 3. The fourth-order valence-corrected chi connectivity index (χ4v) is 13.2. The molecule has 15 heteroatoms. The molecule has 0 aliphatic carbocycles. The first kappa shape index (κ1) is 49.2. The minimum absolute atomic E-state index is 0.0178. The van der Waals surface area contributed by atoms with Crippen molar-refractivity contribution in [2.45, 2.75) is 147 Å². The average Bonchev–Trinajstić information content (AvgIpc) is 3.87. The summed E-state index contributed by atoms with van der Waals surface area (Å²) in [6.07, 6.45) is 5.49. The molecule has 3 atom stereocenters. The van der Waals surface area contributed by atoms with Crippen molar-refractivity contribution in [2.24, 2.45) is 28.6 Å². The fraction of sp³-hybridized carbons (Fsp3) is 0.532. The van der Waals surface area contributed by atoms with E-state index in [0.29, 0.717) is 28.1 Å². The van der Waals surface area contributed by atoms with Crippen LogP contribution < -0.4 is 14.9 Å². The lowest BCUT2D eigenvalue weighted by Gasteiger charge is -2.23. The number of hydrogen-bond donors (Lipinski definition) is 1. The number of benzene rings is 2. The van der Waals surface area contributed by atoms with E-state index in [1.807, 2.05) is 51.1 Å². The van der Waals surface area contributed by atoms with Gasteiger partial charge in [0, 0.05) is 12.8 Å². The number of rotatable bonds is 17. The van der Waals surface area contributed by atoms with Crippen molar-refractivity contribution in [2.75, 3.05) is 6.61 Å². The van der Waals surface area contributed by atoms with Crippen molar-refractivity contribution >= 4 is 76.8 Å². The Morgan fingerprint density at radius 3 is 1.79 bits per heavy atom. The van der Waals surface area contributed by atoms with Crippen LogP contribution in [0.4, 0.5) is 0 Å². The molecule has 1 saturated heterocycles. The van der Waals surface area contributed by atoms with E-state index < -0.39 is 29.7 Å². The zero-order valence-electron chi connectivity index (χ0n) is 37.5. The van der Waals surface area contributed by atoms with E-state index in [9.17, 15) is 29.2 Å². The highest BCUT2D eigenvalue weighted by Crippen LogP contribution is 2.68. The van der Waals surface area contributed by atoms with Gasteiger partial charge in [0.1, 0.15) is 11.6 Å². The van der Waals surface area contributed by atoms with E-state index in [1.54, 1.807) is 0 Å². The Morgan fingerprint density at radius 1 is 0.806 bits per heavy atom. The van der Waals surface area contributed by atoms with Crippen LogP contribution in [-0.2, 0) is 35.3 Å². The van der Waals surface area contributed by atoms with Crippen LogP contribution in [0.3, 0.4) is 0 Å². The first-order valence-electron chi connectivity index (χ1n) is 21.3. The lowest BCUT2D eigenvalue weighted by atomic mass is 9.84. The number of nitrogens with one attached hydrogen (secondary N) is 1. The second kappa shape index (κ2) is 21.2. The number of hydrogen-bond acceptors (Lipinski definition) is 13. The number of amides is 2. The second-order valence-corrected chi connectivity index (χ2v) is 23.3. The van der Waals surface area contributed by atoms with Gasteiger partial charge in [0.05, 0.1) is 41.2 Å². The number of nitrogens with zero attached hydrogens (tertiary/aromatic N) is 2. The highest BCUT2D eigenvalue weighted by Gasteiger charge is 2.44. The molecule has 3 heterocycles. The van der Waals surface area contributed by atoms with Gasteiger partial charge in [0.2, 0.25) is 0 Å². The molecule has 62 heavy (non-hydrogen) atoms. The molecule has 0 bridgehead atoms. The van der Waals surface area contributed by atoms with Crippen LogP contribution in [0.25, 0.3) is 0 Å². The van der Waals surface area contributed by atoms with Crippen LogP contribution in [0, 0.1) is 39.9 Å². The third kappa shape index (κ3) is 12.9. The van der Waals surface area contributed by atoms with Crippen molar-refractivity contribution in [1.82, 2.24) is 10.4 Å². The minimum Gasteiger partial charge on any atom is -0.461 e. The predicted molar refractivity (Wildman–Crippen MR) is 246 cm³/mol. The first-order chi connectivity index (χ1) is 29.2. The average molecular weight is 922 g/mol. The van der Waals surface area contributed by atoms with Gasteiger partial charge in [-0.1, -0.05) is 166 Å². The van der Waals surface area contributed by atoms with E-state index in [0.717, 1.165) is 91.1 Å². The van der Waals surface area contributed by atoms with E-state index in [4.69, 9.17) is 14.2 Å². The van der Waals surface area contributed by atoms with Crippen molar-refractivity contribution in [1.29, 1.82) is 5.26 Å². The Hall–Kier alpha value is -3.84. The predicted octanol–water partition coefficient (Wildman–Crippen LogP) is 11.6. The molecule has 11 nitrogen and oxygen atoms in total. The topological polar surface area (TPSA) is 152 Å². The number of fused-ring (bicyclic) bond motifs is 2. The molecule has 2 aromatic rings. The fourth-order valence-electron chi connectivity index (χ4n) is 7.76. The summed E-state index contributed by atoms with van der Waals surface area (Å²) in [6, 6.07) is 11.3. The van der Waals surface area contributed by atoms with E-state index in [-0.39, 0.29) is 77.2 Å². The third-order valence-corrected chi connectivity index (χ3v) is 15.4. The number of unbranched alkanes of at least 4 members (excludes halogenated alkanes) is 1. The molecule has 0 saturated carbocycles. The summed E-state index contributed by atoms with van der Waals surface area (Å²) in [6.45, 7) is 21.1. The highest BCUT2D eigenvalue weighted by molar-refractivity contribution is 8.26. The summed E-state index contributed by atoms with van der Waals surface area (Å²) in [5.74, 6) is -2.45. The minimum atomic E-state index is -0.761. The van der Waals surface area contributed by atoms with Crippen LogP contribution in [0.5, 0.6) is 11.5 Å². The summed E-state index contributed by atoms with van der Waals surface area (Å²) >= 11 is 4.32. The van der Waals surface area contributed by atoms with E-state index >= 15 is 0 Å². The summed E-state index contributed by atoms with van der Waals surface area (Å²) in [5.41, 5.74) is 3.16. The van der Waals surface area contributed by atoms with Gasteiger partial charge in [0.25, 0.3) is 11.8 Å². The molecule has 5 rings (SSSR count). The molecule has 1 N–H and O–H groups in total. The van der Waals surface area contributed by atoms with Crippen molar-refractivity contribution in [3.63, 3.8) is 0 Å². The second-order valence-electron chi connectivity index (χ2n) is 18.7. The van der Waals surface area contributed by atoms with Gasteiger partial charge in [-0.05, 0) is 53.4 Å². The van der Waals surface area contributed by atoms with Crippen LogP contribution in [0.1, 0.15) is 126 Å². The SMILES string of the molecule is CCCCC(CC)COC(=O)C(C#N)=C1Sc2c(OC(=O)CC(C)CC(C)(C)C)c3c(c(OC(=O)CC(C)CC(C)(C)C)c2S1)SC(=C1C(=O)NN(Cc2ccccc2)C1=O)S3. The largest absolute Gasteiger partial charge is 0.461 e. The molecule has 2 amide bonds. The Bertz CT molecular complexity index is 2090. The number of thioether (sulfide) groups is 4. The number of carbonyl (C=O) groups excluding carboxylic acids is 5. The van der Waals surface area contributed by atoms with Gasteiger partial charge in [-0.25, -0.2) is 9.80 Å². The monoisotopic (exact) mass is 921 g/mol. The van der Waals surface area contributed by atoms with E-state index in [2.05, 4.69) is 60.0 Å². The number of nitriles is 1.